The quantitative estimate of drug-likeness (QED) is 0.223. The number of halogens is 6. The molecule has 0 saturated carbocycles. The molecule has 0 N–H and O–H groups in total. The van der Waals surface area contributed by atoms with E-state index < -0.39 is 34.9 Å². The first-order valence-electron chi connectivity index (χ1n) is 11.8. The Labute approximate surface area is 206 Å². The van der Waals surface area contributed by atoms with Crippen LogP contribution in [0, 0.1) is 34.9 Å². The molecule has 0 heterocycles. The summed E-state index contributed by atoms with van der Waals surface area (Å²) in [6.45, 7) is 3.61. The van der Waals surface area contributed by atoms with Gasteiger partial charge < -0.3 is 0 Å². The second-order valence-electron chi connectivity index (χ2n) is 8.73. The van der Waals surface area contributed by atoms with Crippen molar-refractivity contribution in [2.45, 2.75) is 39.5 Å². The third kappa shape index (κ3) is 5.03. The normalized spacial score (nSPS) is 11.2. The van der Waals surface area contributed by atoms with Crippen LogP contribution in [0.15, 0.2) is 60.7 Å². The fourth-order valence-electron chi connectivity index (χ4n) is 4.35. The second kappa shape index (κ2) is 10.6. The van der Waals surface area contributed by atoms with E-state index in [9.17, 15) is 26.3 Å². The minimum atomic E-state index is -0.733. The summed E-state index contributed by atoms with van der Waals surface area (Å²) in [6.07, 6.45) is 1.62. The Balaban J connectivity index is 1.66. The third-order valence-corrected chi connectivity index (χ3v) is 6.18. The van der Waals surface area contributed by atoms with Crippen molar-refractivity contribution in [1.82, 2.24) is 0 Å². The molecule has 0 saturated heterocycles. The molecule has 0 amide bonds. The molecule has 4 rings (SSSR count). The largest absolute Gasteiger partial charge is 0.207 e. The number of benzene rings is 4. The zero-order chi connectivity index (χ0) is 26.0. The Hall–Kier alpha value is -3.54. The minimum absolute atomic E-state index is 0.00908. The van der Waals surface area contributed by atoms with Crippen LogP contribution in [-0.2, 0) is 12.8 Å². The van der Waals surface area contributed by atoms with Gasteiger partial charge in [-0.05, 0) is 71.5 Å². The second-order valence-corrected chi connectivity index (χ2v) is 8.73. The standard InChI is InChI=1S/C30H24F6/c1-3-5-23-27(33)13-19(14-28(23)34)21-9-7-17(11-25(21)31)18-8-10-22(26(32)12-18)20-15-29(35)24(6-4-2)30(36)16-20/h7-16H,3-6H2,1-2H3. The highest BCUT2D eigenvalue weighted by Crippen LogP contribution is 2.33. The molecular weight excluding hydrogens is 474 g/mol. The van der Waals surface area contributed by atoms with Crippen LogP contribution in [0.25, 0.3) is 33.4 Å². The van der Waals surface area contributed by atoms with E-state index in [1.807, 2.05) is 0 Å². The monoisotopic (exact) mass is 498 g/mol. The van der Waals surface area contributed by atoms with Crippen molar-refractivity contribution in [3.8, 4) is 33.4 Å². The molecule has 6 heteroatoms. The Morgan fingerprint density at radius 1 is 0.417 bits per heavy atom. The maximum Gasteiger partial charge on any atom is 0.131 e. The van der Waals surface area contributed by atoms with Gasteiger partial charge in [0.1, 0.15) is 34.9 Å². The lowest BCUT2D eigenvalue weighted by Crippen LogP contribution is -1.98. The summed E-state index contributed by atoms with van der Waals surface area (Å²) < 4.78 is 87.3. The van der Waals surface area contributed by atoms with Crippen LogP contribution in [0.2, 0.25) is 0 Å². The van der Waals surface area contributed by atoms with Gasteiger partial charge in [0.25, 0.3) is 0 Å². The first-order chi connectivity index (χ1) is 17.2. The number of rotatable bonds is 7. The van der Waals surface area contributed by atoms with Gasteiger partial charge in [-0.25, -0.2) is 26.3 Å². The lowest BCUT2D eigenvalue weighted by Gasteiger charge is -2.12. The van der Waals surface area contributed by atoms with Gasteiger partial charge in [0.05, 0.1) is 0 Å². The maximum atomic E-state index is 14.9. The average Bonchev–Trinajstić information content (AvgIpc) is 2.83. The van der Waals surface area contributed by atoms with Gasteiger partial charge in [0.15, 0.2) is 0 Å². The SMILES string of the molecule is CCCc1c(F)cc(-c2ccc(-c3ccc(-c4cc(F)c(CCC)c(F)c4)c(F)c3)cc2F)cc1F. The number of hydrogen-bond donors (Lipinski definition) is 0. The summed E-state index contributed by atoms with van der Waals surface area (Å²) in [4.78, 5) is 0. The molecule has 0 nitrogen and oxygen atoms in total. The summed E-state index contributed by atoms with van der Waals surface area (Å²) in [7, 11) is 0. The van der Waals surface area contributed by atoms with E-state index in [0.29, 0.717) is 24.0 Å². The fraction of sp³-hybridized carbons (Fsp3) is 0.200. The Morgan fingerprint density at radius 2 is 0.722 bits per heavy atom. The Kier molecular flexibility index (Phi) is 7.53. The highest BCUT2D eigenvalue weighted by Gasteiger charge is 2.17. The predicted octanol–water partition coefficient (Wildman–Crippen LogP) is 9.43. The zero-order valence-electron chi connectivity index (χ0n) is 19.9. The number of hydrogen-bond acceptors (Lipinski definition) is 0. The van der Waals surface area contributed by atoms with Crippen LogP contribution < -0.4 is 0 Å². The summed E-state index contributed by atoms with van der Waals surface area (Å²) in [5.74, 6) is -4.39. The van der Waals surface area contributed by atoms with Crippen molar-refractivity contribution < 1.29 is 26.3 Å². The molecule has 4 aromatic rings. The molecule has 0 unspecified atom stereocenters. The highest BCUT2D eigenvalue weighted by molar-refractivity contribution is 5.74. The molecule has 0 atom stereocenters. The molecule has 4 aromatic carbocycles. The fourth-order valence-corrected chi connectivity index (χ4v) is 4.35. The smallest absolute Gasteiger partial charge is 0.131 e. The molecular formula is C30H24F6. The van der Waals surface area contributed by atoms with Crippen LogP contribution >= 0.6 is 0 Å². The van der Waals surface area contributed by atoms with E-state index in [4.69, 9.17) is 0 Å². The van der Waals surface area contributed by atoms with Crippen molar-refractivity contribution in [2.24, 2.45) is 0 Å². The van der Waals surface area contributed by atoms with E-state index in [-0.39, 0.29) is 46.2 Å². The van der Waals surface area contributed by atoms with E-state index >= 15 is 0 Å². The average molecular weight is 499 g/mol. The Morgan fingerprint density at radius 3 is 1.00 bits per heavy atom. The Bertz CT molecular complexity index is 1270. The van der Waals surface area contributed by atoms with E-state index in [0.717, 1.165) is 36.4 Å². The molecule has 0 radical (unpaired) electrons. The van der Waals surface area contributed by atoms with E-state index in [2.05, 4.69) is 0 Å². The molecule has 36 heavy (non-hydrogen) atoms. The zero-order valence-corrected chi connectivity index (χ0v) is 19.9. The van der Waals surface area contributed by atoms with Gasteiger partial charge in [0.2, 0.25) is 0 Å². The lowest BCUT2D eigenvalue weighted by molar-refractivity contribution is 0.552. The molecule has 0 aliphatic rings. The van der Waals surface area contributed by atoms with Crippen LogP contribution in [0.4, 0.5) is 26.3 Å². The van der Waals surface area contributed by atoms with E-state index in [1.54, 1.807) is 13.8 Å². The van der Waals surface area contributed by atoms with Crippen molar-refractivity contribution in [3.05, 3.63) is 107 Å². The molecule has 0 bridgehead atoms. The van der Waals surface area contributed by atoms with Gasteiger partial charge in [-0.2, -0.15) is 0 Å². The van der Waals surface area contributed by atoms with Crippen LogP contribution in [0.5, 0.6) is 0 Å². The van der Waals surface area contributed by atoms with Gasteiger partial charge >= 0.3 is 0 Å². The van der Waals surface area contributed by atoms with Crippen LogP contribution in [0.3, 0.4) is 0 Å². The molecule has 0 aliphatic heterocycles. The highest BCUT2D eigenvalue weighted by atomic mass is 19.2. The molecule has 0 spiro atoms. The summed E-state index contributed by atoms with van der Waals surface area (Å²) in [6, 6.07) is 12.5. The molecule has 0 fully saturated rings. The van der Waals surface area contributed by atoms with Crippen LogP contribution in [0.1, 0.15) is 37.8 Å². The minimum Gasteiger partial charge on any atom is -0.207 e. The van der Waals surface area contributed by atoms with Crippen molar-refractivity contribution in [1.29, 1.82) is 0 Å². The maximum absolute atomic E-state index is 14.9. The van der Waals surface area contributed by atoms with Crippen molar-refractivity contribution in [2.75, 3.05) is 0 Å². The molecule has 186 valence electrons. The first-order valence-corrected chi connectivity index (χ1v) is 11.8. The van der Waals surface area contributed by atoms with Crippen molar-refractivity contribution >= 4 is 0 Å². The van der Waals surface area contributed by atoms with Crippen molar-refractivity contribution in [3.63, 3.8) is 0 Å². The van der Waals surface area contributed by atoms with Gasteiger partial charge in [0, 0.05) is 22.3 Å². The predicted molar refractivity (Wildman–Crippen MR) is 130 cm³/mol. The summed E-state index contributed by atoms with van der Waals surface area (Å²) >= 11 is 0. The summed E-state index contributed by atoms with van der Waals surface area (Å²) in [5.41, 5.74) is 0.741. The van der Waals surface area contributed by atoms with Crippen LogP contribution in [-0.4, -0.2) is 0 Å². The lowest BCUT2D eigenvalue weighted by atomic mass is 9.95. The van der Waals surface area contributed by atoms with E-state index in [1.165, 1.54) is 24.3 Å². The summed E-state index contributed by atoms with van der Waals surface area (Å²) in [5, 5.41) is 0. The van der Waals surface area contributed by atoms with Gasteiger partial charge in [-0.15, -0.1) is 0 Å². The molecule has 0 aromatic heterocycles. The third-order valence-electron chi connectivity index (χ3n) is 6.18. The topological polar surface area (TPSA) is 0 Å². The molecule has 0 aliphatic carbocycles. The first kappa shape index (κ1) is 25.5. The van der Waals surface area contributed by atoms with Gasteiger partial charge in [-0.1, -0.05) is 51.0 Å². The van der Waals surface area contributed by atoms with Gasteiger partial charge in [-0.3, -0.25) is 0 Å².